The van der Waals surface area contributed by atoms with Crippen molar-refractivity contribution in [3.8, 4) is 0 Å². The second-order valence-electron chi connectivity index (χ2n) is 4.78. The zero-order chi connectivity index (χ0) is 12.4. The number of carbonyl (C=O) groups excluding carboxylic acids is 1. The molecule has 1 fully saturated rings. The Morgan fingerprint density at radius 1 is 1.59 bits per heavy atom. The summed E-state index contributed by atoms with van der Waals surface area (Å²) in [6.07, 6.45) is 2.61. The van der Waals surface area contributed by atoms with E-state index in [4.69, 9.17) is 4.42 Å². The molecule has 0 bridgehead atoms. The summed E-state index contributed by atoms with van der Waals surface area (Å²) in [6.45, 7) is 4.11. The van der Waals surface area contributed by atoms with Crippen LogP contribution >= 0.6 is 0 Å². The van der Waals surface area contributed by atoms with Crippen molar-refractivity contribution in [3.05, 3.63) is 23.2 Å². The summed E-state index contributed by atoms with van der Waals surface area (Å²) < 4.78 is 5.30. The predicted octanol–water partition coefficient (Wildman–Crippen LogP) is 1.79. The lowest BCUT2D eigenvalue weighted by atomic mass is 10.1. The maximum absolute atomic E-state index is 11.8. The number of aryl methyl sites for hydroxylation is 2. The van der Waals surface area contributed by atoms with Crippen LogP contribution in [0.3, 0.4) is 0 Å². The van der Waals surface area contributed by atoms with Gasteiger partial charge in [0.05, 0.1) is 11.7 Å². The van der Waals surface area contributed by atoms with Crippen molar-refractivity contribution in [2.75, 3.05) is 6.54 Å². The zero-order valence-corrected chi connectivity index (χ0v) is 10.3. The predicted molar refractivity (Wildman–Crippen MR) is 63.9 cm³/mol. The van der Waals surface area contributed by atoms with Crippen LogP contribution in [0.4, 0.5) is 0 Å². The van der Waals surface area contributed by atoms with Gasteiger partial charge in [-0.25, -0.2) is 0 Å². The van der Waals surface area contributed by atoms with Crippen molar-refractivity contribution in [3.63, 3.8) is 0 Å². The molecule has 1 aromatic heterocycles. The number of aliphatic hydroxyl groups excluding tert-OH is 1. The lowest BCUT2D eigenvalue weighted by Gasteiger charge is -2.09. The van der Waals surface area contributed by atoms with Crippen molar-refractivity contribution in [1.29, 1.82) is 0 Å². The number of rotatable bonds is 5. The van der Waals surface area contributed by atoms with E-state index in [2.05, 4.69) is 5.32 Å². The molecule has 0 radical (unpaired) electrons. The van der Waals surface area contributed by atoms with E-state index in [0.29, 0.717) is 30.2 Å². The van der Waals surface area contributed by atoms with Crippen LogP contribution in [-0.2, 0) is 0 Å². The second-order valence-corrected chi connectivity index (χ2v) is 4.78. The van der Waals surface area contributed by atoms with Gasteiger partial charge in [0.2, 0.25) is 0 Å². The molecule has 2 rings (SSSR count). The van der Waals surface area contributed by atoms with E-state index in [0.717, 1.165) is 18.6 Å². The van der Waals surface area contributed by atoms with E-state index >= 15 is 0 Å². The van der Waals surface area contributed by atoms with Gasteiger partial charge in [0.1, 0.15) is 11.5 Å². The molecule has 0 spiro atoms. The van der Waals surface area contributed by atoms with Crippen LogP contribution in [0.1, 0.15) is 41.1 Å². The maximum Gasteiger partial charge on any atom is 0.254 e. The smallest absolute Gasteiger partial charge is 0.254 e. The number of carbonyl (C=O) groups is 1. The Hall–Kier alpha value is -1.29. The highest BCUT2D eigenvalue weighted by atomic mass is 16.3. The quantitative estimate of drug-likeness (QED) is 0.820. The number of hydrogen-bond acceptors (Lipinski definition) is 3. The average Bonchev–Trinajstić information content (AvgIpc) is 3.04. The van der Waals surface area contributed by atoms with E-state index in [1.165, 1.54) is 0 Å². The van der Waals surface area contributed by atoms with Crippen molar-refractivity contribution in [1.82, 2.24) is 5.32 Å². The molecule has 0 saturated heterocycles. The van der Waals surface area contributed by atoms with Crippen LogP contribution < -0.4 is 5.32 Å². The Morgan fingerprint density at radius 3 is 2.82 bits per heavy atom. The third-order valence-electron chi connectivity index (χ3n) is 3.18. The van der Waals surface area contributed by atoms with Gasteiger partial charge in [0.25, 0.3) is 5.91 Å². The van der Waals surface area contributed by atoms with Gasteiger partial charge in [0, 0.05) is 6.54 Å². The fourth-order valence-corrected chi connectivity index (χ4v) is 2.00. The fraction of sp³-hybridized carbons (Fsp3) is 0.615. The Labute approximate surface area is 101 Å². The molecule has 1 heterocycles. The molecular weight excluding hydrogens is 218 g/mol. The molecule has 17 heavy (non-hydrogen) atoms. The molecule has 0 aromatic carbocycles. The average molecular weight is 237 g/mol. The zero-order valence-electron chi connectivity index (χ0n) is 10.3. The Balaban J connectivity index is 1.78. The minimum absolute atomic E-state index is 0.123. The van der Waals surface area contributed by atoms with Crippen LogP contribution in [-0.4, -0.2) is 23.7 Å². The maximum atomic E-state index is 11.8. The van der Waals surface area contributed by atoms with Gasteiger partial charge in [-0.15, -0.1) is 0 Å². The highest BCUT2D eigenvalue weighted by Crippen LogP contribution is 2.33. The number of hydrogen-bond donors (Lipinski definition) is 2. The summed E-state index contributed by atoms with van der Waals surface area (Å²) >= 11 is 0. The number of aliphatic hydroxyl groups is 1. The Kier molecular flexibility index (Phi) is 3.52. The number of furan rings is 1. The molecule has 1 aliphatic rings. The van der Waals surface area contributed by atoms with Crippen molar-refractivity contribution in [2.45, 2.75) is 39.2 Å². The van der Waals surface area contributed by atoms with Crippen LogP contribution in [0.25, 0.3) is 0 Å². The van der Waals surface area contributed by atoms with E-state index in [1.807, 2.05) is 6.92 Å². The third-order valence-corrected chi connectivity index (χ3v) is 3.18. The van der Waals surface area contributed by atoms with Gasteiger partial charge in [-0.3, -0.25) is 4.79 Å². The molecule has 1 aliphatic carbocycles. The molecular formula is C13H19NO3. The molecule has 2 N–H and O–H groups in total. The molecule has 4 heteroatoms. The van der Waals surface area contributed by atoms with Crippen molar-refractivity contribution >= 4 is 5.91 Å². The van der Waals surface area contributed by atoms with Gasteiger partial charge in [-0.2, -0.15) is 0 Å². The summed E-state index contributed by atoms with van der Waals surface area (Å²) in [4.78, 5) is 11.8. The van der Waals surface area contributed by atoms with Crippen molar-refractivity contribution in [2.24, 2.45) is 5.92 Å². The summed E-state index contributed by atoms with van der Waals surface area (Å²) in [5.41, 5.74) is 0.586. The topological polar surface area (TPSA) is 62.5 Å². The van der Waals surface area contributed by atoms with Crippen LogP contribution in [0.2, 0.25) is 0 Å². The molecule has 4 nitrogen and oxygen atoms in total. The molecule has 1 aromatic rings. The molecule has 1 amide bonds. The van der Waals surface area contributed by atoms with Gasteiger partial charge in [-0.1, -0.05) is 0 Å². The van der Waals surface area contributed by atoms with E-state index in [1.54, 1.807) is 13.0 Å². The van der Waals surface area contributed by atoms with Crippen molar-refractivity contribution < 1.29 is 14.3 Å². The van der Waals surface area contributed by atoms with Crippen LogP contribution in [0, 0.1) is 19.8 Å². The van der Waals surface area contributed by atoms with Crippen LogP contribution in [0.15, 0.2) is 10.5 Å². The highest BCUT2D eigenvalue weighted by Gasteiger charge is 2.29. The van der Waals surface area contributed by atoms with Gasteiger partial charge < -0.3 is 14.8 Å². The molecule has 0 aliphatic heterocycles. The fourth-order valence-electron chi connectivity index (χ4n) is 2.00. The molecule has 94 valence electrons. The largest absolute Gasteiger partial charge is 0.466 e. The minimum Gasteiger partial charge on any atom is -0.466 e. The minimum atomic E-state index is -0.262. The standard InChI is InChI=1S/C13H19NO3/c1-8-7-11(9(2)17-8)13(16)14-6-5-12(15)10-3-4-10/h7,10,12,15H,3-6H2,1-2H3,(H,14,16)/t12-/m0/s1. The highest BCUT2D eigenvalue weighted by molar-refractivity contribution is 5.95. The van der Waals surface area contributed by atoms with E-state index in [9.17, 15) is 9.90 Å². The van der Waals surface area contributed by atoms with Gasteiger partial charge in [-0.05, 0) is 45.1 Å². The molecule has 1 saturated carbocycles. The lowest BCUT2D eigenvalue weighted by Crippen LogP contribution is -2.27. The number of nitrogens with one attached hydrogen (secondary N) is 1. The SMILES string of the molecule is Cc1cc(C(=O)NCC[C@H](O)C2CC2)c(C)o1. The first-order valence-electron chi connectivity index (χ1n) is 6.11. The van der Waals surface area contributed by atoms with Gasteiger partial charge in [0.15, 0.2) is 0 Å². The molecule has 1 atom stereocenters. The summed E-state index contributed by atoms with van der Waals surface area (Å²) in [7, 11) is 0. The Morgan fingerprint density at radius 2 is 2.29 bits per heavy atom. The third kappa shape index (κ3) is 3.09. The second kappa shape index (κ2) is 4.92. The summed E-state index contributed by atoms with van der Waals surface area (Å²) in [5, 5.41) is 12.5. The monoisotopic (exact) mass is 237 g/mol. The van der Waals surface area contributed by atoms with Crippen LogP contribution in [0.5, 0.6) is 0 Å². The van der Waals surface area contributed by atoms with Gasteiger partial charge >= 0.3 is 0 Å². The first-order valence-corrected chi connectivity index (χ1v) is 6.11. The first kappa shape index (κ1) is 12.2. The number of amides is 1. The lowest BCUT2D eigenvalue weighted by molar-refractivity contribution is 0.0935. The summed E-state index contributed by atoms with van der Waals surface area (Å²) in [6, 6.07) is 1.74. The van der Waals surface area contributed by atoms with E-state index in [-0.39, 0.29) is 12.0 Å². The molecule has 0 unspecified atom stereocenters. The Bertz CT molecular complexity index is 407. The normalized spacial score (nSPS) is 16.9. The summed E-state index contributed by atoms with van der Waals surface area (Å²) in [5.74, 6) is 1.72. The van der Waals surface area contributed by atoms with E-state index < -0.39 is 0 Å². The first-order chi connectivity index (χ1) is 8.08.